The first-order valence-electron chi connectivity index (χ1n) is 7.66. The molecule has 0 radical (unpaired) electrons. The molecule has 5 nitrogen and oxygen atoms in total. The van der Waals surface area contributed by atoms with Crippen molar-refractivity contribution in [2.45, 2.75) is 21.6 Å². The molecule has 3 atom stereocenters. The Morgan fingerprint density at radius 2 is 1.67 bits per heavy atom. The van der Waals surface area contributed by atoms with Crippen LogP contribution in [-0.2, 0) is 14.6 Å². The van der Waals surface area contributed by atoms with Gasteiger partial charge in [-0.3, -0.25) is 0 Å². The summed E-state index contributed by atoms with van der Waals surface area (Å²) in [6.45, 7) is 0.181. The maximum absolute atomic E-state index is 13.0. The number of rotatable bonds is 6. The monoisotopic (exact) mass is 347 g/mol. The molecule has 3 rings (SSSR count). The highest BCUT2D eigenvalue weighted by Gasteiger charge is 2.69. The van der Waals surface area contributed by atoms with E-state index in [1.165, 1.54) is 7.11 Å². The van der Waals surface area contributed by atoms with Crippen molar-refractivity contribution in [3.05, 3.63) is 60.2 Å². The summed E-state index contributed by atoms with van der Waals surface area (Å²) in [7, 11) is -0.423. The van der Waals surface area contributed by atoms with Gasteiger partial charge in [-0.25, -0.2) is 8.42 Å². The molecule has 2 aromatic carbocycles. The van der Waals surface area contributed by atoms with Gasteiger partial charge in [-0.2, -0.15) is 0 Å². The summed E-state index contributed by atoms with van der Waals surface area (Å²) in [6.07, 6.45) is 0. The molecular formula is C18H21NO4S. The van der Waals surface area contributed by atoms with Gasteiger partial charge < -0.3 is 15.2 Å². The number of hydrogen-bond acceptors (Lipinski definition) is 5. The van der Waals surface area contributed by atoms with Crippen molar-refractivity contribution in [2.75, 3.05) is 20.8 Å². The largest absolute Gasteiger partial charge is 0.497 e. The molecule has 1 fully saturated rings. The molecule has 0 amide bonds. The van der Waals surface area contributed by atoms with Gasteiger partial charge >= 0.3 is 0 Å². The highest BCUT2D eigenvalue weighted by molar-refractivity contribution is 7.92. The Hall–Kier alpha value is -1.89. The lowest BCUT2D eigenvalue weighted by Crippen LogP contribution is -2.35. The third kappa shape index (κ3) is 2.70. The van der Waals surface area contributed by atoms with Crippen LogP contribution in [0.4, 0.5) is 0 Å². The highest BCUT2D eigenvalue weighted by atomic mass is 32.2. The fraction of sp³-hybridized carbons (Fsp3) is 0.333. The van der Waals surface area contributed by atoms with Crippen molar-refractivity contribution < 1.29 is 17.9 Å². The summed E-state index contributed by atoms with van der Waals surface area (Å²) in [5.41, 5.74) is 6.38. The van der Waals surface area contributed by atoms with E-state index in [2.05, 4.69) is 0 Å². The quantitative estimate of drug-likeness (QED) is 0.864. The molecule has 0 spiro atoms. The summed E-state index contributed by atoms with van der Waals surface area (Å²) in [5, 5.41) is -0.708. The second-order valence-electron chi connectivity index (χ2n) is 6.07. The second-order valence-corrected chi connectivity index (χ2v) is 8.14. The Labute approximate surface area is 142 Å². The van der Waals surface area contributed by atoms with Crippen LogP contribution in [0.15, 0.2) is 59.5 Å². The molecular weight excluding hydrogens is 326 g/mol. The van der Waals surface area contributed by atoms with Crippen LogP contribution < -0.4 is 10.5 Å². The van der Waals surface area contributed by atoms with Gasteiger partial charge in [-0.15, -0.1) is 0 Å². The fourth-order valence-corrected chi connectivity index (χ4v) is 5.68. The summed E-state index contributed by atoms with van der Waals surface area (Å²) >= 11 is 0. The molecule has 2 aromatic rings. The minimum absolute atomic E-state index is 0.181. The van der Waals surface area contributed by atoms with Gasteiger partial charge in [0.15, 0.2) is 9.84 Å². The van der Waals surface area contributed by atoms with E-state index in [1.54, 1.807) is 37.4 Å². The average Bonchev–Trinajstić information content (AvgIpc) is 3.22. The molecule has 6 heteroatoms. The van der Waals surface area contributed by atoms with E-state index in [9.17, 15) is 8.42 Å². The fourth-order valence-electron chi connectivity index (χ4n) is 3.37. The van der Waals surface area contributed by atoms with Crippen molar-refractivity contribution in [3.8, 4) is 5.75 Å². The predicted molar refractivity (Wildman–Crippen MR) is 91.9 cm³/mol. The Morgan fingerprint density at radius 1 is 1.04 bits per heavy atom. The van der Waals surface area contributed by atoms with Gasteiger partial charge in [0.1, 0.15) is 5.75 Å². The summed E-state index contributed by atoms with van der Waals surface area (Å²) in [5.74, 6) is 0.407. The summed E-state index contributed by atoms with van der Waals surface area (Å²) in [6, 6.07) is 15.8. The molecule has 0 aromatic heterocycles. The molecule has 2 N–H and O–H groups in total. The Morgan fingerprint density at radius 3 is 2.21 bits per heavy atom. The normalized spacial score (nSPS) is 26.1. The number of hydrogen-bond donors (Lipinski definition) is 1. The van der Waals surface area contributed by atoms with Gasteiger partial charge in [0, 0.05) is 13.0 Å². The van der Waals surface area contributed by atoms with Crippen LogP contribution in [0.5, 0.6) is 5.75 Å². The first-order chi connectivity index (χ1) is 11.4. The van der Waals surface area contributed by atoms with Gasteiger partial charge in [-0.05, 0) is 29.8 Å². The molecule has 0 aliphatic heterocycles. The zero-order chi connectivity index (χ0) is 17.4. The third-order valence-electron chi connectivity index (χ3n) is 4.58. The predicted octanol–water partition coefficient (Wildman–Crippen LogP) is 1.98. The maximum Gasteiger partial charge on any atom is 0.183 e. The SMILES string of the molecule is COCC1(N)C(c2ccc(OC)cc2)C1S(=O)(=O)c1ccccc1. The maximum atomic E-state index is 13.0. The van der Waals surface area contributed by atoms with Crippen LogP contribution in [0.3, 0.4) is 0 Å². The van der Waals surface area contributed by atoms with Gasteiger partial charge in [0.05, 0.1) is 29.4 Å². The molecule has 1 saturated carbocycles. The molecule has 0 heterocycles. The smallest absolute Gasteiger partial charge is 0.183 e. The number of ether oxygens (including phenoxy) is 2. The van der Waals surface area contributed by atoms with E-state index in [-0.39, 0.29) is 17.4 Å². The molecule has 3 unspecified atom stereocenters. The molecule has 1 aliphatic rings. The minimum atomic E-state index is -3.54. The number of methoxy groups -OCH3 is 2. The van der Waals surface area contributed by atoms with E-state index in [1.807, 2.05) is 24.3 Å². The van der Waals surface area contributed by atoms with Crippen LogP contribution in [-0.4, -0.2) is 40.0 Å². The van der Waals surface area contributed by atoms with Crippen molar-refractivity contribution in [2.24, 2.45) is 5.73 Å². The Balaban J connectivity index is 1.99. The van der Waals surface area contributed by atoms with Crippen LogP contribution >= 0.6 is 0 Å². The van der Waals surface area contributed by atoms with Crippen LogP contribution in [0.1, 0.15) is 11.5 Å². The highest BCUT2D eigenvalue weighted by Crippen LogP contribution is 2.55. The average molecular weight is 347 g/mol. The summed E-state index contributed by atoms with van der Waals surface area (Å²) < 4.78 is 36.4. The first-order valence-corrected chi connectivity index (χ1v) is 9.20. The van der Waals surface area contributed by atoms with Crippen molar-refractivity contribution >= 4 is 9.84 Å². The van der Waals surface area contributed by atoms with Crippen LogP contribution in [0.2, 0.25) is 0 Å². The Kier molecular flexibility index (Phi) is 4.38. The lowest BCUT2D eigenvalue weighted by Gasteiger charge is -2.11. The number of nitrogens with two attached hydrogens (primary N) is 1. The van der Waals surface area contributed by atoms with Crippen LogP contribution in [0.25, 0.3) is 0 Å². The summed E-state index contributed by atoms with van der Waals surface area (Å²) in [4.78, 5) is 0.289. The number of benzene rings is 2. The lowest BCUT2D eigenvalue weighted by molar-refractivity contribution is 0.171. The van der Waals surface area contributed by atoms with Crippen molar-refractivity contribution in [3.63, 3.8) is 0 Å². The second kappa shape index (κ2) is 6.20. The lowest BCUT2D eigenvalue weighted by atomic mass is 10.1. The van der Waals surface area contributed by atoms with Crippen molar-refractivity contribution in [1.82, 2.24) is 0 Å². The number of sulfone groups is 1. The van der Waals surface area contributed by atoms with E-state index in [4.69, 9.17) is 15.2 Å². The van der Waals surface area contributed by atoms with E-state index < -0.39 is 20.6 Å². The zero-order valence-corrected chi connectivity index (χ0v) is 14.5. The third-order valence-corrected chi connectivity index (χ3v) is 6.89. The molecule has 0 bridgehead atoms. The molecule has 24 heavy (non-hydrogen) atoms. The van der Waals surface area contributed by atoms with Gasteiger partial charge in [-0.1, -0.05) is 30.3 Å². The molecule has 0 saturated heterocycles. The van der Waals surface area contributed by atoms with Crippen LogP contribution in [0, 0.1) is 0 Å². The standard InChI is InChI=1S/C18H21NO4S/c1-22-12-18(19)16(13-8-10-14(23-2)11-9-13)17(18)24(20,21)15-6-4-3-5-7-15/h3-11,16-17H,12,19H2,1-2H3. The first kappa shape index (κ1) is 17.0. The Bertz CT molecular complexity index is 805. The molecule has 1 aliphatic carbocycles. The zero-order valence-electron chi connectivity index (χ0n) is 13.7. The van der Waals surface area contributed by atoms with Gasteiger partial charge in [0.2, 0.25) is 0 Å². The van der Waals surface area contributed by atoms with Gasteiger partial charge in [0.25, 0.3) is 0 Å². The van der Waals surface area contributed by atoms with Crippen molar-refractivity contribution in [1.29, 1.82) is 0 Å². The van der Waals surface area contributed by atoms with E-state index in [0.29, 0.717) is 0 Å². The molecule has 128 valence electrons. The minimum Gasteiger partial charge on any atom is -0.497 e. The topological polar surface area (TPSA) is 78.6 Å². The van der Waals surface area contributed by atoms with E-state index >= 15 is 0 Å². The van der Waals surface area contributed by atoms with E-state index in [0.717, 1.165) is 11.3 Å².